The van der Waals surface area contributed by atoms with Crippen LogP contribution in [-0.4, -0.2) is 20.7 Å². The fraction of sp³-hybridized carbons (Fsp3) is 0.333. The van der Waals surface area contributed by atoms with Gasteiger partial charge in [0.2, 0.25) is 10.0 Å². The van der Waals surface area contributed by atoms with Crippen LogP contribution in [-0.2, 0) is 16.2 Å². The van der Waals surface area contributed by atoms with E-state index in [1.165, 1.54) is 0 Å². The molecule has 0 saturated carbocycles. The second-order valence-corrected chi connectivity index (χ2v) is 5.62. The molecule has 0 spiro atoms. The number of anilines is 1. The zero-order valence-corrected chi connectivity index (χ0v) is 10.5. The molecule has 1 aromatic carbocycles. The molecule has 1 rings (SSSR count). The maximum Gasteiger partial charge on any atom is 0.418 e. The van der Waals surface area contributed by atoms with Gasteiger partial charge in [0.1, 0.15) is 0 Å². The van der Waals surface area contributed by atoms with Crippen LogP contribution in [0.15, 0.2) is 18.2 Å². The molecule has 0 aromatic heterocycles. The number of hydrogen-bond donors (Lipinski definition) is 2. The normalized spacial score (nSPS) is 12.5. The molecule has 0 saturated heterocycles. The Kier molecular flexibility index (Phi) is 4.46. The maximum absolute atomic E-state index is 12.7. The topological polar surface area (TPSA) is 72.2 Å². The van der Waals surface area contributed by atoms with Crippen molar-refractivity contribution in [2.24, 2.45) is 5.73 Å². The van der Waals surface area contributed by atoms with Gasteiger partial charge in [-0.15, -0.1) is 0 Å². The standard InChI is InChI=1S/C9H10ClF3N2O2S/c10-7-3-1-2-6(9(11,12)13)8(7)15-18(16,17)5-4-14/h1-3,15H,4-5,14H2. The first-order valence-electron chi connectivity index (χ1n) is 4.73. The summed E-state index contributed by atoms with van der Waals surface area (Å²) in [6, 6.07) is 3.00. The number of para-hydroxylation sites is 1. The van der Waals surface area contributed by atoms with E-state index in [1.54, 1.807) is 4.72 Å². The van der Waals surface area contributed by atoms with Crippen molar-refractivity contribution >= 4 is 27.3 Å². The van der Waals surface area contributed by atoms with Gasteiger partial charge in [0, 0.05) is 6.54 Å². The first-order chi connectivity index (χ1) is 8.17. The number of nitrogens with two attached hydrogens (primary N) is 1. The lowest BCUT2D eigenvalue weighted by atomic mass is 10.2. The van der Waals surface area contributed by atoms with E-state index in [2.05, 4.69) is 0 Å². The number of halogens is 4. The fourth-order valence-electron chi connectivity index (χ4n) is 1.23. The monoisotopic (exact) mass is 302 g/mol. The molecule has 0 unspecified atom stereocenters. The zero-order chi connectivity index (χ0) is 14.0. The summed E-state index contributed by atoms with van der Waals surface area (Å²) < 4.78 is 62.6. The van der Waals surface area contributed by atoms with Crippen molar-refractivity contribution in [3.8, 4) is 0 Å². The molecule has 0 amide bonds. The Morgan fingerprint density at radius 1 is 1.33 bits per heavy atom. The van der Waals surface area contributed by atoms with Crippen LogP contribution < -0.4 is 10.5 Å². The van der Waals surface area contributed by atoms with Gasteiger partial charge in [-0.1, -0.05) is 17.7 Å². The summed E-state index contributed by atoms with van der Waals surface area (Å²) in [6.45, 7) is -0.207. The van der Waals surface area contributed by atoms with E-state index in [4.69, 9.17) is 17.3 Å². The maximum atomic E-state index is 12.7. The van der Waals surface area contributed by atoms with Gasteiger partial charge in [0.05, 0.1) is 22.0 Å². The Morgan fingerprint density at radius 2 is 1.94 bits per heavy atom. The van der Waals surface area contributed by atoms with E-state index in [-0.39, 0.29) is 11.6 Å². The Labute approximate surface area is 107 Å². The van der Waals surface area contributed by atoms with Crippen LogP contribution in [0.2, 0.25) is 5.02 Å². The number of hydrogen-bond acceptors (Lipinski definition) is 3. The molecule has 4 nitrogen and oxygen atoms in total. The Hall–Kier alpha value is -0.990. The second-order valence-electron chi connectivity index (χ2n) is 3.37. The molecule has 0 aliphatic heterocycles. The Bertz CT molecular complexity index is 531. The van der Waals surface area contributed by atoms with E-state index in [0.29, 0.717) is 0 Å². The van der Waals surface area contributed by atoms with E-state index >= 15 is 0 Å². The van der Waals surface area contributed by atoms with Crippen molar-refractivity contribution < 1.29 is 21.6 Å². The molecule has 0 aliphatic rings. The minimum atomic E-state index is -4.70. The highest BCUT2D eigenvalue weighted by Crippen LogP contribution is 2.38. The fourth-order valence-corrected chi connectivity index (χ4v) is 2.45. The average Bonchev–Trinajstić information content (AvgIpc) is 2.18. The summed E-state index contributed by atoms with van der Waals surface area (Å²) in [5.41, 5.74) is 3.23. The third-order valence-corrected chi connectivity index (χ3v) is 3.57. The van der Waals surface area contributed by atoms with Gasteiger partial charge in [-0.3, -0.25) is 4.72 Å². The molecule has 102 valence electrons. The number of nitrogens with one attached hydrogen (secondary N) is 1. The van der Waals surface area contributed by atoms with Crippen molar-refractivity contribution in [2.75, 3.05) is 17.0 Å². The average molecular weight is 303 g/mol. The van der Waals surface area contributed by atoms with Crippen molar-refractivity contribution in [1.29, 1.82) is 0 Å². The molecular weight excluding hydrogens is 293 g/mol. The van der Waals surface area contributed by atoms with E-state index < -0.39 is 33.2 Å². The second kappa shape index (κ2) is 5.33. The highest BCUT2D eigenvalue weighted by molar-refractivity contribution is 7.92. The molecule has 0 radical (unpaired) electrons. The molecule has 0 heterocycles. The lowest BCUT2D eigenvalue weighted by Gasteiger charge is -2.15. The van der Waals surface area contributed by atoms with Crippen LogP contribution in [0.3, 0.4) is 0 Å². The smallest absolute Gasteiger partial charge is 0.329 e. The molecule has 1 aromatic rings. The molecule has 3 N–H and O–H groups in total. The van der Waals surface area contributed by atoms with Crippen LogP contribution in [0.25, 0.3) is 0 Å². The first kappa shape index (κ1) is 15.1. The quantitative estimate of drug-likeness (QED) is 0.894. The SMILES string of the molecule is NCCS(=O)(=O)Nc1c(Cl)cccc1C(F)(F)F. The van der Waals surface area contributed by atoms with Gasteiger partial charge in [0.15, 0.2) is 0 Å². The minimum Gasteiger partial charge on any atom is -0.329 e. The minimum absolute atomic E-state index is 0.207. The summed E-state index contributed by atoms with van der Waals surface area (Å²) in [5, 5.41) is -0.328. The van der Waals surface area contributed by atoms with E-state index in [9.17, 15) is 21.6 Å². The Balaban J connectivity index is 3.24. The van der Waals surface area contributed by atoms with Gasteiger partial charge >= 0.3 is 6.18 Å². The van der Waals surface area contributed by atoms with Gasteiger partial charge in [0.25, 0.3) is 0 Å². The first-order valence-corrected chi connectivity index (χ1v) is 6.76. The predicted molar refractivity (Wildman–Crippen MR) is 62.9 cm³/mol. The van der Waals surface area contributed by atoms with Crippen molar-refractivity contribution in [1.82, 2.24) is 0 Å². The molecule has 0 fully saturated rings. The zero-order valence-electron chi connectivity index (χ0n) is 8.96. The molecule has 0 aliphatic carbocycles. The van der Waals surface area contributed by atoms with Crippen LogP contribution in [0, 0.1) is 0 Å². The lowest BCUT2D eigenvalue weighted by Crippen LogP contribution is -2.24. The Morgan fingerprint density at radius 3 is 2.44 bits per heavy atom. The highest BCUT2D eigenvalue weighted by Gasteiger charge is 2.35. The van der Waals surface area contributed by atoms with E-state index in [1.807, 2.05) is 0 Å². The molecule has 0 atom stereocenters. The summed E-state index contributed by atoms with van der Waals surface area (Å²) in [7, 11) is -3.95. The molecule has 18 heavy (non-hydrogen) atoms. The van der Waals surface area contributed by atoms with Crippen molar-refractivity contribution in [2.45, 2.75) is 6.18 Å². The van der Waals surface area contributed by atoms with Gasteiger partial charge in [-0.2, -0.15) is 13.2 Å². The van der Waals surface area contributed by atoms with Crippen LogP contribution >= 0.6 is 11.6 Å². The highest BCUT2D eigenvalue weighted by atomic mass is 35.5. The van der Waals surface area contributed by atoms with Crippen LogP contribution in [0.1, 0.15) is 5.56 Å². The summed E-state index contributed by atoms with van der Waals surface area (Å²) in [4.78, 5) is 0. The van der Waals surface area contributed by atoms with Crippen molar-refractivity contribution in [3.05, 3.63) is 28.8 Å². The van der Waals surface area contributed by atoms with Gasteiger partial charge in [-0.05, 0) is 12.1 Å². The summed E-state index contributed by atoms with van der Waals surface area (Å²) >= 11 is 5.58. The van der Waals surface area contributed by atoms with Gasteiger partial charge in [-0.25, -0.2) is 8.42 Å². The largest absolute Gasteiger partial charge is 0.418 e. The predicted octanol–water partition coefficient (Wildman–Crippen LogP) is 2.06. The third-order valence-electron chi connectivity index (χ3n) is 1.96. The lowest BCUT2D eigenvalue weighted by molar-refractivity contribution is -0.136. The van der Waals surface area contributed by atoms with E-state index in [0.717, 1.165) is 18.2 Å². The summed E-state index contributed by atoms with van der Waals surface area (Å²) in [5.74, 6) is -0.491. The number of benzene rings is 1. The van der Waals surface area contributed by atoms with Crippen LogP contribution in [0.4, 0.5) is 18.9 Å². The number of sulfonamides is 1. The molecular formula is C9H10ClF3N2O2S. The van der Waals surface area contributed by atoms with Gasteiger partial charge < -0.3 is 5.73 Å². The van der Waals surface area contributed by atoms with Crippen molar-refractivity contribution in [3.63, 3.8) is 0 Å². The molecule has 0 bridgehead atoms. The molecule has 9 heteroatoms. The van der Waals surface area contributed by atoms with Crippen LogP contribution in [0.5, 0.6) is 0 Å². The number of alkyl halides is 3. The summed E-state index contributed by atoms with van der Waals surface area (Å²) in [6.07, 6.45) is -4.70. The third kappa shape index (κ3) is 3.76. The number of rotatable bonds is 4.